The molecule has 1 fully saturated rings. The number of fused-ring (bicyclic) bond motifs is 6. The Bertz CT molecular complexity index is 1550. The predicted octanol–water partition coefficient (Wildman–Crippen LogP) is 11.4. The monoisotopic (exact) mass is 788 g/mol. The van der Waals surface area contributed by atoms with Crippen LogP contribution in [0.15, 0.2) is 105 Å². The molecule has 1 aliphatic heterocycles. The minimum absolute atomic E-state index is 0.0247. The van der Waals surface area contributed by atoms with Gasteiger partial charge in [-0.3, -0.25) is 0 Å². The van der Waals surface area contributed by atoms with Crippen molar-refractivity contribution in [1.29, 1.82) is 0 Å². The Labute approximate surface area is 247 Å². The zero-order valence-electron chi connectivity index (χ0n) is 22.1. The fourth-order valence-electron chi connectivity index (χ4n) is 7.59. The summed E-state index contributed by atoms with van der Waals surface area (Å²) in [6.45, 7) is 4.98. The van der Waals surface area contributed by atoms with Crippen molar-refractivity contribution in [2.75, 3.05) is 0 Å². The maximum absolute atomic E-state index is 3.61. The van der Waals surface area contributed by atoms with Gasteiger partial charge in [0.25, 0.3) is 0 Å². The zero-order valence-corrected chi connectivity index (χ0v) is 28.9. The van der Waals surface area contributed by atoms with Gasteiger partial charge in [0.1, 0.15) is 0 Å². The molecule has 7 rings (SSSR count). The molecule has 0 bridgehead atoms. The summed E-state index contributed by atoms with van der Waals surface area (Å²) in [6.07, 6.45) is 5.18. The van der Waals surface area contributed by atoms with Crippen LogP contribution in [0.4, 0.5) is 0 Å². The van der Waals surface area contributed by atoms with Gasteiger partial charge in [0.05, 0.1) is 0 Å². The third kappa shape index (κ3) is 3.61. The standard InChI is InChI=1S/C33H24Br2.2CH3.Hf/c1-33(2,25-17-23-5-3-7-29(31(23)19-25)21-9-13-27(34)14-10-21)26-18-24-6-4-8-30(32(24)20-26)22-11-15-28(35)16-12-22;;;/h3-20H,1-2H3;2*1H3;. The van der Waals surface area contributed by atoms with Crippen LogP contribution in [0.2, 0.25) is 9.36 Å². The van der Waals surface area contributed by atoms with Crippen LogP contribution in [-0.4, -0.2) is 0 Å². The van der Waals surface area contributed by atoms with E-state index in [1.165, 1.54) is 33.4 Å². The number of allylic oxidation sites excluding steroid dienone is 2. The molecule has 4 aromatic rings. The van der Waals surface area contributed by atoms with E-state index in [0.29, 0.717) is 7.35 Å². The van der Waals surface area contributed by atoms with E-state index in [0.717, 1.165) is 8.95 Å². The third-order valence-corrected chi connectivity index (χ3v) is 25.6. The average molecular weight is 789 g/mol. The Morgan fingerprint density at radius 1 is 0.579 bits per heavy atom. The molecule has 2 aliphatic carbocycles. The normalized spacial score (nSPS) is 21.6. The van der Waals surface area contributed by atoms with E-state index in [2.05, 4.69) is 152 Å². The number of hydrogen-bond acceptors (Lipinski definition) is 0. The molecule has 2 unspecified atom stereocenters. The zero-order chi connectivity index (χ0) is 26.4. The first-order chi connectivity index (χ1) is 18.2. The van der Waals surface area contributed by atoms with Crippen LogP contribution in [0.3, 0.4) is 0 Å². The van der Waals surface area contributed by atoms with Gasteiger partial charge in [-0.05, 0) is 0 Å². The quantitative estimate of drug-likeness (QED) is 0.178. The van der Waals surface area contributed by atoms with E-state index in [4.69, 9.17) is 0 Å². The summed E-state index contributed by atoms with van der Waals surface area (Å²) < 4.78 is 8.91. The molecule has 3 aliphatic rings. The average Bonchev–Trinajstić information content (AvgIpc) is 3.51. The topological polar surface area (TPSA) is 0 Å². The van der Waals surface area contributed by atoms with Crippen molar-refractivity contribution in [1.82, 2.24) is 0 Å². The van der Waals surface area contributed by atoms with Crippen molar-refractivity contribution in [2.24, 2.45) is 5.41 Å². The summed E-state index contributed by atoms with van der Waals surface area (Å²) in [5, 5.41) is 0. The first-order valence-corrected chi connectivity index (χ1v) is 26.3. The van der Waals surface area contributed by atoms with Crippen molar-refractivity contribution >= 4 is 44.0 Å². The second kappa shape index (κ2) is 8.85. The second-order valence-electron chi connectivity index (χ2n) is 12.1. The Morgan fingerprint density at radius 3 is 1.37 bits per heavy atom. The van der Waals surface area contributed by atoms with Crippen molar-refractivity contribution in [3.63, 3.8) is 0 Å². The van der Waals surface area contributed by atoms with Gasteiger partial charge in [-0.1, -0.05) is 0 Å². The summed E-state index contributed by atoms with van der Waals surface area (Å²) in [5.41, 5.74) is 14.8. The molecule has 0 saturated carbocycles. The third-order valence-electron chi connectivity index (χ3n) is 9.37. The number of benzene rings is 4. The summed E-state index contributed by atoms with van der Waals surface area (Å²) in [7, 11) is 0. The van der Waals surface area contributed by atoms with Gasteiger partial charge in [-0.15, -0.1) is 0 Å². The molecule has 38 heavy (non-hydrogen) atoms. The van der Waals surface area contributed by atoms with Crippen LogP contribution in [0, 0.1) is 5.41 Å². The minimum atomic E-state index is -3.00. The SMILES string of the molecule is CC1(C)C2=Cc3c(-c4ccc(Br)cc4)cccc3[CH]2[Hf]([CH3])([CH3])[CH]2C1=Cc1c(-c3ccc(Br)cc3)cccc12. The maximum atomic E-state index is 3.61. The number of rotatable bonds is 2. The van der Waals surface area contributed by atoms with Gasteiger partial charge in [0, 0.05) is 0 Å². The van der Waals surface area contributed by atoms with Crippen LogP contribution in [0.1, 0.15) is 43.5 Å². The summed E-state index contributed by atoms with van der Waals surface area (Å²) >= 11 is 4.23. The van der Waals surface area contributed by atoms with Gasteiger partial charge < -0.3 is 0 Å². The van der Waals surface area contributed by atoms with Gasteiger partial charge in [-0.25, -0.2) is 0 Å². The molecule has 0 N–H and O–H groups in total. The first-order valence-electron chi connectivity index (χ1n) is 13.4. The Kier molecular flexibility index (Phi) is 5.86. The number of halogens is 2. The van der Waals surface area contributed by atoms with Crippen LogP contribution in [0.25, 0.3) is 34.4 Å². The molecule has 0 amide bonds. The van der Waals surface area contributed by atoms with E-state index < -0.39 is 20.0 Å². The molecule has 1 heterocycles. The predicted molar refractivity (Wildman–Crippen MR) is 166 cm³/mol. The summed E-state index contributed by atoms with van der Waals surface area (Å²) in [6, 6.07) is 31.7. The Balaban J connectivity index is 1.42. The Hall–Kier alpha value is -1.81. The molecular formula is C35H30Br2Hf. The molecule has 188 valence electrons. The van der Waals surface area contributed by atoms with Gasteiger partial charge in [0.2, 0.25) is 0 Å². The fraction of sp³-hybridized carbons (Fsp3) is 0.200. The van der Waals surface area contributed by atoms with Crippen molar-refractivity contribution < 1.29 is 20.0 Å². The van der Waals surface area contributed by atoms with Gasteiger partial charge >= 0.3 is 249 Å². The van der Waals surface area contributed by atoms with Crippen LogP contribution < -0.4 is 0 Å². The van der Waals surface area contributed by atoms with Crippen LogP contribution >= 0.6 is 31.9 Å². The van der Waals surface area contributed by atoms with Crippen LogP contribution in [-0.2, 0) is 20.0 Å². The van der Waals surface area contributed by atoms with Crippen molar-refractivity contribution in [3.8, 4) is 22.3 Å². The molecule has 2 atom stereocenters. The van der Waals surface area contributed by atoms with E-state index in [1.54, 1.807) is 22.3 Å². The van der Waals surface area contributed by atoms with Crippen LogP contribution in [0.5, 0.6) is 0 Å². The van der Waals surface area contributed by atoms with Gasteiger partial charge in [-0.2, -0.15) is 0 Å². The molecule has 3 heteroatoms. The van der Waals surface area contributed by atoms with E-state index >= 15 is 0 Å². The molecular weight excluding hydrogens is 759 g/mol. The summed E-state index contributed by atoms with van der Waals surface area (Å²) in [5.74, 6) is 0. The van der Waals surface area contributed by atoms with E-state index in [-0.39, 0.29) is 5.41 Å². The number of hydrogen-bond donors (Lipinski definition) is 0. The molecule has 4 aromatic carbocycles. The van der Waals surface area contributed by atoms with Crippen molar-refractivity contribution in [2.45, 2.75) is 30.6 Å². The molecule has 0 spiro atoms. The Morgan fingerprint density at radius 2 is 0.974 bits per heavy atom. The fourth-order valence-corrected chi connectivity index (χ4v) is 25.8. The molecule has 0 aromatic heterocycles. The second-order valence-corrected chi connectivity index (χ2v) is 31.2. The molecule has 0 radical (unpaired) electrons. The summed E-state index contributed by atoms with van der Waals surface area (Å²) in [4.78, 5) is 0. The first kappa shape index (κ1) is 25.2. The van der Waals surface area contributed by atoms with E-state index in [9.17, 15) is 0 Å². The van der Waals surface area contributed by atoms with Crippen molar-refractivity contribution in [3.05, 3.63) is 127 Å². The molecule has 0 nitrogen and oxygen atoms in total. The van der Waals surface area contributed by atoms with Gasteiger partial charge in [0.15, 0.2) is 0 Å². The van der Waals surface area contributed by atoms with E-state index in [1.807, 2.05) is 0 Å². The molecule has 1 saturated heterocycles.